The summed E-state index contributed by atoms with van der Waals surface area (Å²) in [6.45, 7) is 1.23. The van der Waals surface area contributed by atoms with Gasteiger partial charge in [-0.1, -0.05) is 53.5 Å². The largest absolute Gasteiger partial charge is 0.484 e. The minimum absolute atomic E-state index is 0.144. The van der Waals surface area contributed by atoms with Gasteiger partial charge in [-0.15, -0.1) is 0 Å². The van der Waals surface area contributed by atoms with Crippen molar-refractivity contribution in [2.24, 2.45) is 5.10 Å². The molecule has 12 heteroatoms. The van der Waals surface area contributed by atoms with Crippen LogP contribution in [-0.4, -0.2) is 45.9 Å². The van der Waals surface area contributed by atoms with Crippen LogP contribution in [0, 0.1) is 0 Å². The molecular formula is C26H26Cl2N4O5S. The fraction of sp³-hybridized carbons (Fsp3) is 0.192. The first-order valence-corrected chi connectivity index (χ1v) is 13.9. The standard InChI is InChI=1S/C26H26Cl2N4O5S/c1-18(20-6-4-3-5-7-20)30-26(34)17-37-24-10-8-19(9-11-24)15-29-31-25(33)16-32(38(2,35)36)23-13-21(27)12-22(28)14-23/h3-15,18H,16-17H2,1-2H3,(H,30,34)(H,31,33)/b29-15-/t18-/m0/s1. The molecule has 2 amide bonds. The van der Waals surface area contributed by atoms with E-state index in [1.807, 2.05) is 37.3 Å². The Kier molecular flexibility index (Phi) is 10.1. The number of ether oxygens (including phenoxy) is 1. The number of nitrogens with one attached hydrogen (secondary N) is 2. The molecule has 0 unspecified atom stereocenters. The summed E-state index contributed by atoms with van der Waals surface area (Å²) in [6, 6.07) is 20.4. The molecule has 0 aromatic heterocycles. The Labute approximate surface area is 231 Å². The summed E-state index contributed by atoms with van der Waals surface area (Å²) in [5, 5.41) is 7.20. The van der Waals surface area contributed by atoms with Crippen molar-refractivity contribution in [2.45, 2.75) is 13.0 Å². The zero-order chi connectivity index (χ0) is 27.7. The number of nitrogens with zero attached hydrogens (tertiary/aromatic N) is 2. The molecular weight excluding hydrogens is 551 g/mol. The fourth-order valence-corrected chi connectivity index (χ4v) is 4.69. The predicted octanol–water partition coefficient (Wildman–Crippen LogP) is 4.17. The summed E-state index contributed by atoms with van der Waals surface area (Å²) < 4.78 is 30.8. The van der Waals surface area contributed by atoms with E-state index in [-0.39, 0.29) is 34.3 Å². The van der Waals surface area contributed by atoms with Gasteiger partial charge in [-0.3, -0.25) is 13.9 Å². The molecule has 1 atom stereocenters. The molecule has 3 aromatic carbocycles. The molecule has 3 rings (SSSR count). The second-order valence-corrected chi connectivity index (χ2v) is 11.0. The van der Waals surface area contributed by atoms with E-state index in [4.69, 9.17) is 27.9 Å². The van der Waals surface area contributed by atoms with Gasteiger partial charge in [-0.2, -0.15) is 5.10 Å². The number of hydrogen-bond donors (Lipinski definition) is 2. The van der Waals surface area contributed by atoms with Gasteiger partial charge in [0, 0.05) is 10.0 Å². The van der Waals surface area contributed by atoms with Crippen LogP contribution in [0.5, 0.6) is 5.75 Å². The van der Waals surface area contributed by atoms with Crippen molar-refractivity contribution in [1.82, 2.24) is 10.7 Å². The van der Waals surface area contributed by atoms with Gasteiger partial charge in [0.25, 0.3) is 11.8 Å². The minimum Gasteiger partial charge on any atom is -0.484 e. The Bertz CT molecular complexity index is 1380. The molecule has 0 heterocycles. The van der Waals surface area contributed by atoms with Crippen LogP contribution >= 0.6 is 23.2 Å². The third kappa shape index (κ3) is 9.05. The van der Waals surface area contributed by atoms with Crippen LogP contribution < -0.4 is 19.8 Å². The van der Waals surface area contributed by atoms with E-state index < -0.39 is 22.5 Å². The lowest BCUT2D eigenvalue weighted by Crippen LogP contribution is -2.39. The summed E-state index contributed by atoms with van der Waals surface area (Å²) in [7, 11) is -3.80. The van der Waals surface area contributed by atoms with E-state index in [1.165, 1.54) is 24.4 Å². The summed E-state index contributed by atoms with van der Waals surface area (Å²) >= 11 is 11.9. The van der Waals surface area contributed by atoms with Crippen LogP contribution in [0.4, 0.5) is 5.69 Å². The number of sulfonamides is 1. The molecule has 0 saturated heterocycles. The molecule has 0 aliphatic heterocycles. The van der Waals surface area contributed by atoms with Gasteiger partial charge >= 0.3 is 0 Å². The number of benzene rings is 3. The Morgan fingerprint density at radius 3 is 2.24 bits per heavy atom. The van der Waals surface area contributed by atoms with Crippen LogP contribution in [0.1, 0.15) is 24.1 Å². The van der Waals surface area contributed by atoms with Crippen LogP contribution in [0.25, 0.3) is 0 Å². The summed E-state index contributed by atoms with van der Waals surface area (Å²) in [6.07, 6.45) is 2.35. The maximum absolute atomic E-state index is 12.3. The third-order valence-corrected chi connectivity index (χ3v) is 6.73. The number of carbonyl (C=O) groups is 2. The summed E-state index contributed by atoms with van der Waals surface area (Å²) in [5.74, 6) is -0.436. The second kappa shape index (κ2) is 13.3. The van der Waals surface area contributed by atoms with Crippen LogP contribution in [-0.2, 0) is 19.6 Å². The van der Waals surface area contributed by atoms with Crippen LogP contribution in [0.15, 0.2) is 77.9 Å². The van der Waals surface area contributed by atoms with Crippen LogP contribution in [0.2, 0.25) is 10.0 Å². The first-order chi connectivity index (χ1) is 18.0. The number of carbonyl (C=O) groups excluding carboxylic acids is 2. The number of halogens is 2. The number of rotatable bonds is 11. The highest BCUT2D eigenvalue weighted by Crippen LogP contribution is 2.26. The van der Waals surface area contributed by atoms with E-state index in [1.54, 1.807) is 24.3 Å². The van der Waals surface area contributed by atoms with Crippen molar-refractivity contribution >= 4 is 56.9 Å². The van der Waals surface area contributed by atoms with E-state index >= 15 is 0 Å². The molecule has 3 aromatic rings. The molecule has 38 heavy (non-hydrogen) atoms. The maximum Gasteiger partial charge on any atom is 0.260 e. The molecule has 0 aliphatic rings. The average molecular weight is 577 g/mol. The molecule has 0 fully saturated rings. The zero-order valence-corrected chi connectivity index (χ0v) is 22.9. The SMILES string of the molecule is C[C@H](NC(=O)COc1ccc(/C=N\NC(=O)CN(c2cc(Cl)cc(Cl)c2)S(C)(=O)=O)cc1)c1ccccc1. The van der Waals surface area contributed by atoms with Crippen molar-refractivity contribution in [3.63, 3.8) is 0 Å². The van der Waals surface area contributed by atoms with Crippen molar-refractivity contribution in [2.75, 3.05) is 23.7 Å². The first kappa shape index (κ1) is 29.0. The van der Waals surface area contributed by atoms with E-state index in [2.05, 4.69) is 15.8 Å². The lowest BCUT2D eigenvalue weighted by atomic mass is 10.1. The quantitative estimate of drug-likeness (QED) is 0.262. The van der Waals surface area contributed by atoms with Crippen molar-refractivity contribution in [3.8, 4) is 5.75 Å². The molecule has 0 saturated carbocycles. The molecule has 0 aliphatic carbocycles. The first-order valence-electron chi connectivity index (χ1n) is 11.3. The highest BCUT2D eigenvalue weighted by atomic mass is 35.5. The molecule has 0 radical (unpaired) electrons. The monoisotopic (exact) mass is 576 g/mol. The Morgan fingerprint density at radius 2 is 1.63 bits per heavy atom. The van der Waals surface area contributed by atoms with Gasteiger partial charge < -0.3 is 10.1 Å². The third-order valence-electron chi connectivity index (χ3n) is 5.15. The Morgan fingerprint density at radius 1 is 1.00 bits per heavy atom. The van der Waals surface area contributed by atoms with Gasteiger partial charge in [0.05, 0.1) is 24.2 Å². The highest BCUT2D eigenvalue weighted by molar-refractivity contribution is 7.92. The Hall–Kier alpha value is -3.60. The Balaban J connectivity index is 1.50. The maximum atomic E-state index is 12.3. The van der Waals surface area contributed by atoms with Gasteiger partial charge in [-0.05, 0) is 60.5 Å². The second-order valence-electron chi connectivity index (χ2n) is 8.25. The zero-order valence-electron chi connectivity index (χ0n) is 20.6. The molecule has 0 spiro atoms. The average Bonchev–Trinajstić information content (AvgIpc) is 2.86. The minimum atomic E-state index is -3.80. The normalized spacial score (nSPS) is 12.1. The highest BCUT2D eigenvalue weighted by Gasteiger charge is 2.21. The smallest absolute Gasteiger partial charge is 0.260 e. The summed E-state index contributed by atoms with van der Waals surface area (Å²) in [4.78, 5) is 24.5. The number of hydrogen-bond acceptors (Lipinski definition) is 6. The number of hydrazone groups is 1. The molecule has 200 valence electrons. The lowest BCUT2D eigenvalue weighted by Gasteiger charge is -2.21. The van der Waals surface area contributed by atoms with E-state index in [0.717, 1.165) is 16.1 Å². The van der Waals surface area contributed by atoms with Gasteiger partial charge in [0.15, 0.2) is 6.61 Å². The number of anilines is 1. The van der Waals surface area contributed by atoms with Gasteiger partial charge in [0.1, 0.15) is 12.3 Å². The number of amides is 2. The topological polar surface area (TPSA) is 117 Å². The van der Waals surface area contributed by atoms with Crippen molar-refractivity contribution in [1.29, 1.82) is 0 Å². The van der Waals surface area contributed by atoms with Crippen LogP contribution in [0.3, 0.4) is 0 Å². The van der Waals surface area contributed by atoms with E-state index in [0.29, 0.717) is 11.3 Å². The lowest BCUT2D eigenvalue weighted by molar-refractivity contribution is -0.123. The van der Waals surface area contributed by atoms with Gasteiger partial charge in [-0.25, -0.2) is 13.8 Å². The molecule has 9 nitrogen and oxygen atoms in total. The fourth-order valence-electron chi connectivity index (χ4n) is 3.34. The van der Waals surface area contributed by atoms with E-state index in [9.17, 15) is 18.0 Å². The summed E-state index contributed by atoms with van der Waals surface area (Å²) in [5.41, 5.74) is 4.08. The predicted molar refractivity (Wildman–Crippen MR) is 149 cm³/mol. The van der Waals surface area contributed by atoms with Gasteiger partial charge in [0.2, 0.25) is 10.0 Å². The molecule has 0 bridgehead atoms. The molecule has 2 N–H and O–H groups in total. The van der Waals surface area contributed by atoms with Crippen molar-refractivity contribution in [3.05, 3.63) is 94.0 Å². The van der Waals surface area contributed by atoms with Crippen molar-refractivity contribution < 1.29 is 22.7 Å².